The SMILES string of the molecule is CCCN(CC(O)c1cccc(OC)c1)CC(C)(C)CN. The highest BCUT2D eigenvalue weighted by atomic mass is 16.5. The summed E-state index contributed by atoms with van der Waals surface area (Å²) in [6.45, 7) is 9.58. The number of benzene rings is 1. The quantitative estimate of drug-likeness (QED) is 0.734. The third-order valence-corrected chi connectivity index (χ3v) is 3.65. The zero-order chi connectivity index (χ0) is 15.9. The molecule has 0 aromatic heterocycles. The molecule has 0 aliphatic rings. The third kappa shape index (κ3) is 6.04. The van der Waals surface area contributed by atoms with Gasteiger partial charge in [0.15, 0.2) is 0 Å². The first-order valence-corrected chi connectivity index (χ1v) is 7.66. The second-order valence-electron chi connectivity index (χ2n) is 6.40. The molecule has 21 heavy (non-hydrogen) atoms. The number of nitrogens with two attached hydrogens (primary N) is 1. The first kappa shape index (κ1) is 18.0. The Morgan fingerprint density at radius 2 is 2.10 bits per heavy atom. The maximum atomic E-state index is 10.5. The van der Waals surface area contributed by atoms with Crippen molar-refractivity contribution < 1.29 is 9.84 Å². The molecule has 1 rings (SSSR count). The lowest BCUT2D eigenvalue weighted by molar-refractivity contribution is 0.0894. The fourth-order valence-corrected chi connectivity index (χ4v) is 2.42. The van der Waals surface area contributed by atoms with Crippen LogP contribution in [0.3, 0.4) is 0 Å². The molecule has 4 heteroatoms. The van der Waals surface area contributed by atoms with E-state index < -0.39 is 6.10 Å². The Bertz CT molecular complexity index is 421. The predicted octanol–water partition coefficient (Wildman–Crippen LogP) is 2.43. The van der Waals surface area contributed by atoms with Crippen molar-refractivity contribution in [2.45, 2.75) is 33.3 Å². The van der Waals surface area contributed by atoms with E-state index in [1.54, 1.807) is 7.11 Å². The summed E-state index contributed by atoms with van der Waals surface area (Å²) in [5.74, 6) is 0.774. The zero-order valence-electron chi connectivity index (χ0n) is 13.8. The van der Waals surface area contributed by atoms with Gasteiger partial charge in [0, 0.05) is 13.1 Å². The number of aliphatic hydroxyl groups is 1. The van der Waals surface area contributed by atoms with Gasteiger partial charge in [-0.25, -0.2) is 0 Å². The molecule has 0 spiro atoms. The van der Waals surface area contributed by atoms with Gasteiger partial charge in [-0.05, 0) is 42.6 Å². The Kier molecular flexibility index (Phi) is 7.15. The molecule has 0 aliphatic heterocycles. The number of hydrogen-bond donors (Lipinski definition) is 2. The third-order valence-electron chi connectivity index (χ3n) is 3.65. The maximum absolute atomic E-state index is 10.5. The van der Waals surface area contributed by atoms with Crippen LogP contribution in [-0.2, 0) is 0 Å². The molecule has 0 radical (unpaired) electrons. The normalized spacial score (nSPS) is 13.5. The highest BCUT2D eigenvalue weighted by Crippen LogP contribution is 2.22. The van der Waals surface area contributed by atoms with Crippen LogP contribution in [0.15, 0.2) is 24.3 Å². The molecular weight excluding hydrogens is 264 g/mol. The number of rotatable bonds is 9. The fraction of sp³-hybridized carbons (Fsp3) is 0.647. The predicted molar refractivity (Wildman–Crippen MR) is 87.5 cm³/mol. The number of aliphatic hydroxyl groups excluding tert-OH is 1. The number of ether oxygens (including phenoxy) is 1. The van der Waals surface area contributed by atoms with E-state index in [1.165, 1.54) is 0 Å². The fourth-order valence-electron chi connectivity index (χ4n) is 2.42. The highest BCUT2D eigenvalue weighted by molar-refractivity contribution is 5.29. The van der Waals surface area contributed by atoms with Gasteiger partial charge < -0.3 is 15.6 Å². The molecule has 1 aromatic rings. The molecular formula is C17H30N2O2. The van der Waals surface area contributed by atoms with Gasteiger partial charge in [0.1, 0.15) is 5.75 Å². The lowest BCUT2D eigenvalue weighted by Crippen LogP contribution is -2.41. The van der Waals surface area contributed by atoms with E-state index in [9.17, 15) is 5.11 Å². The van der Waals surface area contributed by atoms with Gasteiger partial charge in [-0.15, -0.1) is 0 Å². The molecule has 4 nitrogen and oxygen atoms in total. The van der Waals surface area contributed by atoms with Crippen LogP contribution in [0.5, 0.6) is 5.75 Å². The van der Waals surface area contributed by atoms with Crippen LogP contribution in [-0.4, -0.2) is 43.3 Å². The van der Waals surface area contributed by atoms with Crippen LogP contribution < -0.4 is 10.5 Å². The second-order valence-corrected chi connectivity index (χ2v) is 6.40. The van der Waals surface area contributed by atoms with Gasteiger partial charge in [-0.2, -0.15) is 0 Å². The molecule has 0 heterocycles. The van der Waals surface area contributed by atoms with E-state index in [4.69, 9.17) is 10.5 Å². The van der Waals surface area contributed by atoms with Gasteiger partial charge in [0.25, 0.3) is 0 Å². The summed E-state index contributed by atoms with van der Waals surface area (Å²) in [6, 6.07) is 7.62. The van der Waals surface area contributed by atoms with E-state index >= 15 is 0 Å². The van der Waals surface area contributed by atoms with Crippen molar-refractivity contribution in [3.05, 3.63) is 29.8 Å². The minimum Gasteiger partial charge on any atom is -0.497 e. The largest absolute Gasteiger partial charge is 0.497 e. The minimum atomic E-state index is -0.514. The number of methoxy groups -OCH3 is 1. The summed E-state index contributed by atoms with van der Waals surface area (Å²) in [6.07, 6.45) is 0.547. The van der Waals surface area contributed by atoms with E-state index in [2.05, 4.69) is 25.7 Å². The maximum Gasteiger partial charge on any atom is 0.119 e. The van der Waals surface area contributed by atoms with E-state index in [0.717, 1.165) is 30.8 Å². The van der Waals surface area contributed by atoms with Crippen molar-refractivity contribution in [2.75, 3.05) is 33.3 Å². The van der Waals surface area contributed by atoms with Crippen LogP contribution >= 0.6 is 0 Å². The summed E-state index contributed by atoms with van der Waals surface area (Å²) in [4.78, 5) is 2.29. The van der Waals surface area contributed by atoms with E-state index in [-0.39, 0.29) is 5.41 Å². The van der Waals surface area contributed by atoms with Crippen molar-refractivity contribution >= 4 is 0 Å². The lowest BCUT2D eigenvalue weighted by atomic mass is 9.92. The Balaban J connectivity index is 2.73. The Labute approximate surface area is 128 Å². The molecule has 0 amide bonds. The van der Waals surface area contributed by atoms with Gasteiger partial charge in [-0.1, -0.05) is 32.9 Å². The van der Waals surface area contributed by atoms with Crippen molar-refractivity contribution in [3.8, 4) is 5.75 Å². The van der Waals surface area contributed by atoms with Crippen LogP contribution in [0.25, 0.3) is 0 Å². The van der Waals surface area contributed by atoms with Crippen LogP contribution in [0.2, 0.25) is 0 Å². The molecule has 0 saturated heterocycles. The molecule has 120 valence electrons. The first-order valence-electron chi connectivity index (χ1n) is 7.66. The number of hydrogen-bond acceptors (Lipinski definition) is 4. The summed E-state index contributed by atoms with van der Waals surface area (Å²) in [5.41, 5.74) is 6.77. The van der Waals surface area contributed by atoms with Crippen LogP contribution in [0.4, 0.5) is 0 Å². The van der Waals surface area contributed by atoms with Crippen LogP contribution in [0, 0.1) is 5.41 Å². The Morgan fingerprint density at radius 1 is 1.38 bits per heavy atom. The molecule has 0 saturated carbocycles. The smallest absolute Gasteiger partial charge is 0.119 e. The van der Waals surface area contributed by atoms with Crippen molar-refractivity contribution in [2.24, 2.45) is 11.1 Å². The van der Waals surface area contributed by atoms with Crippen molar-refractivity contribution in [1.82, 2.24) is 4.90 Å². The summed E-state index contributed by atoms with van der Waals surface area (Å²) < 4.78 is 5.21. The zero-order valence-corrected chi connectivity index (χ0v) is 13.8. The van der Waals surface area contributed by atoms with Crippen LogP contribution in [0.1, 0.15) is 38.9 Å². The van der Waals surface area contributed by atoms with Gasteiger partial charge >= 0.3 is 0 Å². The molecule has 1 unspecified atom stereocenters. The second kappa shape index (κ2) is 8.37. The molecule has 0 aliphatic carbocycles. The summed E-state index contributed by atoms with van der Waals surface area (Å²) >= 11 is 0. The monoisotopic (exact) mass is 294 g/mol. The van der Waals surface area contributed by atoms with Gasteiger partial charge in [0.05, 0.1) is 13.2 Å². The topological polar surface area (TPSA) is 58.7 Å². The minimum absolute atomic E-state index is 0.0588. The lowest BCUT2D eigenvalue weighted by Gasteiger charge is -2.33. The average molecular weight is 294 g/mol. The van der Waals surface area contributed by atoms with E-state index in [1.807, 2.05) is 24.3 Å². The summed E-state index contributed by atoms with van der Waals surface area (Å²) in [5, 5.41) is 10.5. The van der Waals surface area contributed by atoms with Gasteiger partial charge in [0.2, 0.25) is 0 Å². The average Bonchev–Trinajstić information content (AvgIpc) is 2.47. The molecule has 3 N–H and O–H groups in total. The molecule has 1 aromatic carbocycles. The molecule has 0 bridgehead atoms. The highest BCUT2D eigenvalue weighted by Gasteiger charge is 2.22. The number of nitrogens with zero attached hydrogens (tertiary/aromatic N) is 1. The van der Waals surface area contributed by atoms with E-state index in [0.29, 0.717) is 13.1 Å². The Hall–Kier alpha value is -1.10. The standard InChI is InChI=1S/C17H30N2O2/c1-5-9-19(13-17(2,3)12-18)11-16(20)14-7-6-8-15(10-14)21-4/h6-8,10,16,20H,5,9,11-13,18H2,1-4H3. The van der Waals surface area contributed by atoms with Crippen molar-refractivity contribution in [3.63, 3.8) is 0 Å². The summed E-state index contributed by atoms with van der Waals surface area (Å²) in [7, 11) is 1.64. The van der Waals surface area contributed by atoms with Crippen molar-refractivity contribution in [1.29, 1.82) is 0 Å². The van der Waals surface area contributed by atoms with Gasteiger partial charge in [-0.3, -0.25) is 4.90 Å². The molecule has 0 fully saturated rings. The molecule has 1 atom stereocenters. The first-order chi connectivity index (χ1) is 9.91. The Morgan fingerprint density at radius 3 is 2.67 bits per heavy atom.